The van der Waals surface area contributed by atoms with E-state index < -0.39 is 6.10 Å². The summed E-state index contributed by atoms with van der Waals surface area (Å²) < 4.78 is 1.73. The van der Waals surface area contributed by atoms with Crippen LogP contribution < -0.4 is 0 Å². The molecule has 0 aliphatic heterocycles. The summed E-state index contributed by atoms with van der Waals surface area (Å²) in [5.41, 5.74) is 2.22. The highest BCUT2D eigenvalue weighted by Gasteiger charge is 2.07. The van der Waals surface area contributed by atoms with Crippen LogP contribution >= 0.6 is 0 Å². The number of hydrogen-bond acceptors (Lipinski definition) is 2. The third-order valence-electron chi connectivity index (χ3n) is 2.69. The molecular formula is C13H16N2O. The van der Waals surface area contributed by atoms with E-state index in [0.717, 1.165) is 12.0 Å². The number of aliphatic hydroxyl groups is 1. The molecule has 1 atom stereocenters. The normalized spacial score (nSPS) is 12.6. The van der Waals surface area contributed by atoms with E-state index in [1.165, 1.54) is 5.56 Å². The average molecular weight is 216 g/mol. The van der Waals surface area contributed by atoms with E-state index in [9.17, 15) is 5.11 Å². The Morgan fingerprint density at radius 1 is 1.31 bits per heavy atom. The highest BCUT2D eigenvalue weighted by Crippen LogP contribution is 2.15. The van der Waals surface area contributed by atoms with Crippen molar-refractivity contribution in [3.8, 4) is 0 Å². The third-order valence-corrected chi connectivity index (χ3v) is 2.69. The predicted octanol–water partition coefficient (Wildman–Crippen LogP) is 2.18. The molecule has 0 bridgehead atoms. The molecule has 1 unspecified atom stereocenters. The molecule has 0 aliphatic rings. The Hall–Kier alpha value is -1.61. The summed E-state index contributed by atoms with van der Waals surface area (Å²) in [6.07, 6.45) is 4.09. The van der Waals surface area contributed by atoms with E-state index in [2.05, 4.69) is 24.2 Å². The molecule has 16 heavy (non-hydrogen) atoms. The summed E-state index contributed by atoms with van der Waals surface area (Å²) >= 11 is 0. The van der Waals surface area contributed by atoms with Crippen molar-refractivity contribution in [1.29, 1.82) is 0 Å². The Bertz CT molecular complexity index is 420. The van der Waals surface area contributed by atoms with Crippen LogP contribution in [0.2, 0.25) is 0 Å². The number of aryl methyl sites for hydroxylation is 1. The summed E-state index contributed by atoms with van der Waals surface area (Å²) in [6.45, 7) is 2.62. The fourth-order valence-electron chi connectivity index (χ4n) is 1.67. The van der Waals surface area contributed by atoms with Crippen LogP contribution in [0.4, 0.5) is 0 Å². The SMILES string of the molecule is CCc1ccc(C(O)Cn2cccn2)cc1. The standard InChI is InChI=1S/C13H16N2O/c1-2-11-4-6-12(7-5-11)13(16)10-15-9-3-8-14-15/h3-9,13,16H,2,10H2,1H3. The molecule has 2 aromatic rings. The maximum Gasteiger partial charge on any atom is 0.0985 e. The van der Waals surface area contributed by atoms with Gasteiger partial charge < -0.3 is 5.11 Å². The molecule has 0 aliphatic carbocycles. The van der Waals surface area contributed by atoms with Gasteiger partial charge in [-0.15, -0.1) is 0 Å². The second-order valence-electron chi connectivity index (χ2n) is 3.84. The van der Waals surface area contributed by atoms with Crippen LogP contribution in [0.1, 0.15) is 24.2 Å². The molecule has 0 fully saturated rings. The van der Waals surface area contributed by atoms with E-state index in [-0.39, 0.29) is 0 Å². The Labute approximate surface area is 95.3 Å². The molecule has 1 heterocycles. The first-order chi connectivity index (χ1) is 7.79. The summed E-state index contributed by atoms with van der Waals surface area (Å²) in [4.78, 5) is 0. The van der Waals surface area contributed by atoms with E-state index in [1.807, 2.05) is 24.4 Å². The van der Waals surface area contributed by atoms with Crippen molar-refractivity contribution in [3.63, 3.8) is 0 Å². The van der Waals surface area contributed by atoms with E-state index in [4.69, 9.17) is 0 Å². The summed E-state index contributed by atoms with van der Waals surface area (Å²) in [5, 5.41) is 14.1. The van der Waals surface area contributed by atoms with Gasteiger partial charge in [0.25, 0.3) is 0 Å². The molecule has 0 radical (unpaired) electrons. The van der Waals surface area contributed by atoms with Crippen molar-refractivity contribution >= 4 is 0 Å². The second-order valence-corrected chi connectivity index (χ2v) is 3.84. The Balaban J connectivity index is 2.05. The molecule has 0 amide bonds. The Morgan fingerprint density at radius 3 is 2.62 bits per heavy atom. The van der Waals surface area contributed by atoms with Gasteiger partial charge in [0.2, 0.25) is 0 Å². The zero-order valence-corrected chi connectivity index (χ0v) is 9.37. The first kappa shape index (κ1) is 10.9. The van der Waals surface area contributed by atoms with Gasteiger partial charge in [0.15, 0.2) is 0 Å². The van der Waals surface area contributed by atoms with Gasteiger partial charge >= 0.3 is 0 Å². The van der Waals surface area contributed by atoms with Crippen molar-refractivity contribution in [2.75, 3.05) is 0 Å². The maximum atomic E-state index is 10.00. The smallest absolute Gasteiger partial charge is 0.0985 e. The minimum Gasteiger partial charge on any atom is -0.386 e. The van der Waals surface area contributed by atoms with Gasteiger partial charge in [0.1, 0.15) is 0 Å². The molecule has 0 saturated heterocycles. The molecule has 2 rings (SSSR count). The van der Waals surface area contributed by atoms with Crippen LogP contribution in [0.15, 0.2) is 42.7 Å². The zero-order valence-electron chi connectivity index (χ0n) is 9.37. The predicted molar refractivity (Wildman–Crippen MR) is 63.0 cm³/mol. The molecule has 84 valence electrons. The summed E-state index contributed by atoms with van der Waals surface area (Å²) in [5.74, 6) is 0. The van der Waals surface area contributed by atoms with Crippen LogP contribution in [-0.4, -0.2) is 14.9 Å². The molecule has 0 saturated carbocycles. The molecule has 3 nitrogen and oxygen atoms in total. The maximum absolute atomic E-state index is 10.00. The van der Waals surface area contributed by atoms with Crippen molar-refractivity contribution in [1.82, 2.24) is 9.78 Å². The van der Waals surface area contributed by atoms with Crippen molar-refractivity contribution in [2.45, 2.75) is 26.0 Å². The molecule has 1 aromatic heterocycles. The topological polar surface area (TPSA) is 38.0 Å². The number of aliphatic hydroxyl groups excluding tert-OH is 1. The van der Waals surface area contributed by atoms with E-state index in [0.29, 0.717) is 6.54 Å². The highest BCUT2D eigenvalue weighted by atomic mass is 16.3. The molecule has 3 heteroatoms. The Morgan fingerprint density at radius 2 is 2.06 bits per heavy atom. The van der Waals surface area contributed by atoms with Crippen molar-refractivity contribution in [2.24, 2.45) is 0 Å². The monoisotopic (exact) mass is 216 g/mol. The number of benzene rings is 1. The number of nitrogens with zero attached hydrogens (tertiary/aromatic N) is 2. The first-order valence-corrected chi connectivity index (χ1v) is 5.54. The molecule has 1 aromatic carbocycles. The third kappa shape index (κ3) is 2.49. The van der Waals surface area contributed by atoms with E-state index in [1.54, 1.807) is 10.9 Å². The first-order valence-electron chi connectivity index (χ1n) is 5.54. The lowest BCUT2D eigenvalue weighted by atomic mass is 10.1. The lowest BCUT2D eigenvalue weighted by Crippen LogP contribution is -2.08. The summed E-state index contributed by atoms with van der Waals surface area (Å²) in [6, 6.07) is 9.93. The number of hydrogen-bond donors (Lipinski definition) is 1. The van der Waals surface area contributed by atoms with Gasteiger partial charge in [-0.2, -0.15) is 5.10 Å². The number of rotatable bonds is 4. The van der Waals surface area contributed by atoms with Gasteiger partial charge in [-0.05, 0) is 23.6 Å². The average Bonchev–Trinajstić information content (AvgIpc) is 2.82. The van der Waals surface area contributed by atoms with Crippen molar-refractivity contribution < 1.29 is 5.11 Å². The van der Waals surface area contributed by atoms with Gasteiger partial charge in [0.05, 0.1) is 12.6 Å². The molecular weight excluding hydrogens is 200 g/mol. The largest absolute Gasteiger partial charge is 0.386 e. The number of aromatic nitrogens is 2. The summed E-state index contributed by atoms with van der Waals surface area (Å²) in [7, 11) is 0. The lowest BCUT2D eigenvalue weighted by Gasteiger charge is -2.11. The Kier molecular flexibility index (Phi) is 3.37. The van der Waals surface area contributed by atoms with Gasteiger partial charge in [-0.1, -0.05) is 31.2 Å². The van der Waals surface area contributed by atoms with Crippen LogP contribution in [0, 0.1) is 0 Å². The van der Waals surface area contributed by atoms with Gasteiger partial charge in [-0.3, -0.25) is 4.68 Å². The lowest BCUT2D eigenvalue weighted by molar-refractivity contribution is 0.151. The van der Waals surface area contributed by atoms with Crippen LogP contribution in [-0.2, 0) is 13.0 Å². The molecule has 1 N–H and O–H groups in total. The minimum absolute atomic E-state index is 0.495. The fourth-order valence-corrected chi connectivity index (χ4v) is 1.67. The highest BCUT2D eigenvalue weighted by molar-refractivity contribution is 5.24. The second kappa shape index (κ2) is 4.94. The fraction of sp³-hybridized carbons (Fsp3) is 0.308. The zero-order chi connectivity index (χ0) is 11.4. The van der Waals surface area contributed by atoms with E-state index >= 15 is 0 Å². The minimum atomic E-state index is -0.495. The van der Waals surface area contributed by atoms with Gasteiger partial charge in [0, 0.05) is 12.4 Å². The molecule has 0 spiro atoms. The van der Waals surface area contributed by atoms with Crippen LogP contribution in [0.3, 0.4) is 0 Å². The van der Waals surface area contributed by atoms with Crippen LogP contribution in [0.5, 0.6) is 0 Å². The van der Waals surface area contributed by atoms with Gasteiger partial charge in [-0.25, -0.2) is 0 Å². The van der Waals surface area contributed by atoms with Crippen molar-refractivity contribution in [3.05, 3.63) is 53.9 Å². The van der Waals surface area contributed by atoms with Crippen LogP contribution in [0.25, 0.3) is 0 Å². The quantitative estimate of drug-likeness (QED) is 0.850.